The van der Waals surface area contributed by atoms with Crippen molar-refractivity contribution in [2.75, 3.05) is 6.54 Å². The molecule has 3 N–H and O–H groups in total. The lowest BCUT2D eigenvalue weighted by molar-refractivity contribution is 0.856. The Morgan fingerprint density at radius 3 is 3.00 bits per heavy atom. The summed E-state index contributed by atoms with van der Waals surface area (Å²) in [5.74, 6) is 0.486. The highest BCUT2D eigenvalue weighted by molar-refractivity contribution is 14.0. The van der Waals surface area contributed by atoms with E-state index in [1.807, 2.05) is 13.1 Å². The van der Waals surface area contributed by atoms with Gasteiger partial charge in [0.25, 0.3) is 0 Å². The van der Waals surface area contributed by atoms with Gasteiger partial charge in [0.15, 0.2) is 5.96 Å². The number of aliphatic imine (C=N–C) groups is 1. The van der Waals surface area contributed by atoms with Crippen LogP contribution in [0, 0.1) is 6.92 Å². The Kier molecular flexibility index (Phi) is 7.32. The van der Waals surface area contributed by atoms with Crippen LogP contribution in [0.5, 0.6) is 0 Å². The van der Waals surface area contributed by atoms with E-state index in [2.05, 4.69) is 32.8 Å². The van der Waals surface area contributed by atoms with Gasteiger partial charge in [-0.05, 0) is 24.8 Å². The Hall–Kier alpha value is -0.670. The number of hydrogen-bond acceptors (Lipinski definition) is 4. The zero-order chi connectivity index (χ0) is 12.8. The predicted octanol–water partition coefficient (Wildman–Crippen LogP) is 2.78. The van der Waals surface area contributed by atoms with Crippen molar-refractivity contribution in [1.82, 2.24) is 10.3 Å². The number of aryl methyl sites for hydroxylation is 1. The molecule has 0 bridgehead atoms. The molecule has 0 aliphatic heterocycles. The lowest BCUT2D eigenvalue weighted by atomic mass is 10.3. The largest absolute Gasteiger partial charge is 0.370 e. The molecule has 2 aromatic rings. The molecule has 4 nitrogen and oxygen atoms in total. The first-order chi connectivity index (χ1) is 8.74. The van der Waals surface area contributed by atoms with E-state index >= 15 is 0 Å². The fourth-order valence-electron chi connectivity index (χ4n) is 1.45. The number of thiophene rings is 1. The van der Waals surface area contributed by atoms with Crippen LogP contribution in [0.15, 0.2) is 28.7 Å². The molecular weight excluding hydrogens is 391 g/mol. The topological polar surface area (TPSA) is 63.3 Å². The molecule has 0 spiro atoms. The second-order valence-corrected chi connectivity index (χ2v) is 6.17. The summed E-state index contributed by atoms with van der Waals surface area (Å²) in [5, 5.41) is 6.19. The zero-order valence-corrected chi connectivity index (χ0v) is 14.6. The molecule has 7 heteroatoms. The Labute approximate surface area is 138 Å². The second kappa shape index (κ2) is 8.49. The number of nitrogens with one attached hydrogen (secondary N) is 1. The van der Waals surface area contributed by atoms with Crippen molar-refractivity contribution >= 4 is 52.6 Å². The first-order valence-electron chi connectivity index (χ1n) is 5.71. The molecule has 0 saturated heterocycles. The molecule has 0 aliphatic rings. The van der Waals surface area contributed by atoms with E-state index in [-0.39, 0.29) is 24.0 Å². The monoisotopic (exact) mass is 408 g/mol. The van der Waals surface area contributed by atoms with E-state index in [9.17, 15) is 0 Å². The minimum absolute atomic E-state index is 0. The SMILES string of the molecule is Cc1cnc(CN=C(N)NCCc2cccs2)s1.I. The maximum Gasteiger partial charge on any atom is 0.189 e. The lowest BCUT2D eigenvalue weighted by Crippen LogP contribution is -2.33. The highest BCUT2D eigenvalue weighted by Crippen LogP contribution is 2.11. The molecule has 0 radical (unpaired) electrons. The van der Waals surface area contributed by atoms with Crippen LogP contribution in [0.1, 0.15) is 14.8 Å². The number of thiazole rings is 1. The number of hydrogen-bond donors (Lipinski definition) is 2. The average Bonchev–Trinajstić information content (AvgIpc) is 2.98. The van der Waals surface area contributed by atoms with Gasteiger partial charge in [-0.1, -0.05) is 6.07 Å². The molecule has 0 amide bonds. The molecule has 2 heterocycles. The quantitative estimate of drug-likeness (QED) is 0.455. The van der Waals surface area contributed by atoms with Crippen LogP contribution in [0.4, 0.5) is 0 Å². The van der Waals surface area contributed by atoms with Crippen molar-refractivity contribution in [3.63, 3.8) is 0 Å². The fourth-order valence-corrected chi connectivity index (χ4v) is 2.87. The predicted molar refractivity (Wildman–Crippen MR) is 93.6 cm³/mol. The number of nitrogens with two attached hydrogens (primary N) is 1. The standard InChI is InChI=1S/C12H16N4S2.HI/c1-9-7-15-11(18-9)8-16-12(13)14-5-4-10-3-2-6-17-10;/h2-3,6-7H,4-5,8H2,1H3,(H3,13,14,16);1H. The number of guanidine groups is 1. The molecule has 19 heavy (non-hydrogen) atoms. The van der Waals surface area contributed by atoms with Crippen LogP contribution in [-0.4, -0.2) is 17.5 Å². The van der Waals surface area contributed by atoms with E-state index in [0.29, 0.717) is 12.5 Å². The lowest BCUT2D eigenvalue weighted by Gasteiger charge is -2.03. The van der Waals surface area contributed by atoms with Gasteiger partial charge in [-0.3, -0.25) is 0 Å². The Morgan fingerprint density at radius 1 is 1.53 bits per heavy atom. The molecule has 2 aromatic heterocycles. The summed E-state index contributed by atoms with van der Waals surface area (Å²) < 4.78 is 0. The number of rotatable bonds is 5. The minimum atomic E-state index is 0. The van der Waals surface area contributed by atoms with Crippen molar-refractivity contribution < 1.29 is 0 Å². The average molecular weight is 408 g/mol. The van der Waals surface area contributed by atoms with Crippen molar-refractivity contribution in [2.24, 2.45) is 10.7 Å². The van der Waals surface area contributed by atoms with Gasteiger partial charge in [-0.2, -0.15) is 0 Å². The van der Waals surface area contributed by atoms with Crippen LogP contribution >= 0.6 is 46.7 Å². The molecule has 104 valence electrons. The maximum atomic E-state index is 5.79. The smallest absolute Gasteiger partial charge is 0.189 e. The Morgan fingerprint density at radius 2 is 2.37 bits per heavy atom. The van der Waals surface area contributed by atoms with Gasteiger partial charge >= 0.3 is 0 Å². The summed E-state index contributed by atoms with van der Waals surface area (Å²) in [6.07, 6.45) is 2.83. The third-order valence-electron chi connectivity index (χ3n) is 2.31. The van der Waals surface area contributed by atoms with Gasteiger partial charge < -0.3 is 11.1 Å². The van der Waals surface area contributed by atoms with E-state index < -0.39 is 0 Å². The molecule has 0 unspecified atom stereocenters. The van der Waals surface area contributed by atoms with Crippen LogP contribution in [0.2, 0.25) is 0 Å². The van der Waals surface area contributed by atoms with Crippen LogP contribution in [-0.2, 0) is 13.0 Å². The first-order valence-corrected chi connectivity index (χ1v) is 7.41. The highest BCUT2D eigenvalue weighted by Gasteiger charge is 1.98. The van der Waals surface area contributed by atoms with Gasteiger partial charge in [0.1, 0.15) is 5.01 Å². The van der Waals surface area contributed by atoms with Gasteiger partial charge in [-0.15, -0.1) is 46.7 Å². The molecule has 0 aromatic carbocycles. The summed E-state index contributed by atoms with van der Waals surface area (Å²) >= 11 is 3.41. The minimum Gasteiger partial charge on any atom is -0.370 e. The number of halogens is 1. The van der Waals surface area contributed by atoms with Gasteiger partial charge in [0.05, 0.1) is 6.54 Å². The third-order valence-corrected chi connectivity index (χ3v) is 4.15. The molecule has 0 atom stereocenters. The Bertz CT molecular complexity index is 508. The third kappa shape index (κ3) is 5.87. The van der Waals surface area contributed by atoms with Crippen LogP contribution in [0.3, 0.4) is 0 Å². The normalized spacial score (nSPS) is 11.1. The molecular formula is C12H17IN4S2. The van der Waals surface area contributed by atoms with E-state index in [1.165, 1.54) is 9.75 Å². The van der Waals surface area contributed by atoms with E-state index in [1.54, 1.807) is 22.7 Å². The molecule has 0 fully saturated rings. The van der Waals surface area contributed by atoms with E-state index in [4.69, 9.17) is 5.73 Å². The van der Waals surface area contributed by atoms with Gasteiger partial charge in [-0.25, -0.2) is 9.98 Å². The Balaban J connectivity index is 0.00000180. The molecule has 2 rings (SSSR count). The summed E-state index contributed by atoms with van der Waals surface area (Å²) in [4.78, 5) is 11.1. The summed E-state index contributed by atoms with van der Waals surface area (Å²) in [7, 11) is 0. The van der Waals surface area contributed by atoms with Crippen molar-refractivity contribution in [2.45, 2.75) is 19.9 Å². The maximum absolute atomic E-state index is 5.79. The molecule has 0 saturated carbocycles. The summed E-state index contributed by atoms with van der Waals surface area (Å²) in [6.45, 7) is 3.40. The highest BCUT2D eigenvalue weighted by atomic mass is 127. The molecule has 0 aliphatic carbocycles. The van der Waals surface area contributed by atoms with Gasteiger partial charge in [0.2, 0.25) is 0 Å². The number of nitrogens with zero attached hydrogens (tertiary/aromatic N) is 2. The summed E-state index contributed by atoms with van der Waals surface area (Å²) in [6, 6.07) is 4.18. The van der Waals surface area contributed by atoms with Gasteiger partial charge in [0, 0.05) is 22.5 Å². The number of aromatic nitrogens is 1. The first kappa shape index (κ1) is 16.4. The van der Waals surface area contributed by atoms with Crippen molar-refractivity contribution in [3.05, 3.63) is 38.5 Å². The summed E-state index contributed by atoms with van der Waals surface area (Å²) in [5.41, 5.74) is 5.79. The fraction of sp³-hybridized carbons (Fsp3) is 0.333. The van der Waals surface area contributed by atoms with Crippen LogP contribution in [0.25, 0.3) is 0 Å². The second-order valence-electron chi connectivity index (χ2n) is 3.82. The van der Waals surface area contributed by atoms with Crippen molar-refractivity contribution in [3.8, 4) is 0 Å². The zero-order valence-electron chi connectivity index (χ0n) is 10.6. The van der Waals surface area contributed by atoms with E-state index in [0.717, 1.165) is 18.0 Å². The van der Waals surface area contributed by atoms with Crippen molar-refractivity contribution in [1.29, 1.82) is 0 Å². The van der Waals surface area contributed by atoms with Crippen LogP contribution < -0.4 is 11.1 Å².